The number of nitrogens with two attached hydrogens (primary N) is 1. The van der Waals surface area contributed by atoms with Crippen molar-refractivity contribution in [2.75, 3.05) is 17.7 Å². The summed E-state index contributed by atoms with van der Waals surface area (Å²) in [6.45, 7) is 6.89. The number of aryl methyl sites for hydroxylation is 1. The lowest BCUT2D eigenvalue weighted by atomic mass is 10.1. The van der Waals surface area contributed by atoms with Crippen molar-refractivity contribution >= 4 is 23.4 Å². The van der Waals surface area contributed by atoms with Gasteiger partial charge < -0.3 is 10.3 Å². The van der Waals surface area contributed by atoms with Crippen LogP contribution < -0.4 is 11.3 Å². The maximum absolute atomic E-state index is 12.6. The highest BCUT2D eigenvalue weighted by Gasteiger charge is 2.30. The number of thioether (sulfide) groups is 1. The van der Waals surface area contributed by atoms with E-state index in [9.17, 15) is 4.79 Å². The molecule has 0 radical (unpaired) electrons. The van der Waals surface area contributed by atoms with Crippen molar-refractivity contribution in [3.63, 3.8) is 0 Å². The van der Waals surface area contributed by atoms with Gasteiger partial charge in [-0.15, -0.1) is 0 Å². The molecule has 1 aliphatic heterocycles. The smallest absolute Gasteiger partial charge is 0.257 e. The van der Waals surface area contributed by atoms with E-state index in [0.717, 1.165) is 18.0 Å². The molecule has 0 bridgehead atoms. The van der Waals surface area contributed by atoms with Crippen LogP contribution in [0.2, 0.25) is 0 Å². The van der Waals surface area contributed by atoms with Crippen molar-refractivity contribution in [2.24, 2.45) is 5.84 Å². The molecule has 2 atom stereocenters. The van der Waals surface area contributed by atoms with Gasteiger partial charge in [-0.25, -0.2) is 0 Å². The van der Waals surface area contributed by atoms with Gasteiger partial charge in [0.25, 0.3) is 5.91 Å². The van der Waals surface area contributed by atoms with Crippen molar-refractivity contribution in [3.05, 3.63) is 23.5 Å². The van der Waals surface area contributed by atoms with Crippen molar-refractivity contribution in [1.29, 1.82) is 0 Å². The van der Waals surface area contributed by atoms with E-state index in [1.54, 1.807) is 12.3 Å². The lowest BCUT2D eigenvalue weighted by Crippen LogP contribution is -2.48. The van der Waals surface area contributed by atoms with Crippen molar-refractivity contribution < 1.29 is 4.79 Å². The molecule has 0 aromatic carbocycles. The Bertz CT molecular complexity index is 480. The van der Waals surface area contributed by atoms with E-state index < -0.39 is 0 Å². The number of rotatable bonds is 2. The van der Waals surface area contributed by atoms with Crippen LogP contribution in [0.15, 0.2) is 12.3 Å². The summed E-state index contributed by atoms with van der Waals surface area (Å²) in [5.74, 6) is 6.47. The maximum Gasteiger partial charge on any atom is 0.257 e. The fourth-order valence-corrected chi connectivity index (χ4v) is 3.32. The zero-order chi connectivity index (χ0) is 14.0. The van der Waals surface area contributed by atoms with Crippen molar-refractivity contribution in [1.82, 2.24) is 9.88 Å². The Balaban J connectivity index is 2.28. The summed E-state index contributed by atoms with van der Waals surface area (Å²) in [6.07, 6.45) is 1.60. The van der Waals surface area contributed by atoms with Crippen LogP contribution in [0, 0.1) is 6.92 Å². The zero-order valence-electron chi connectivity index (χ0n) is 11.5. The highest BCUT2D eigenvalue weighted by atomic mass is 32.2. The molecule has 104 valence electrons. The van der Waals surface area contributed by atoms with E-state index in [1.807, 2.05) is 23.6 Å². The van der Waals surface area contributed by atoms with Gasteiger partial charge in [0.2, 0.25) is 0 Å². The molecular formula is C13H20N4OS. The van der Waals surface area contributed by atoms with E-state index >= 15 is 0 Å². The van der Waals surface area contributed by atoms with Gasteiger partial charge in [-0.05, 0) is 19.9 Å². The number of amides is 1. The second kappa shape index (κ2) is 5.79. The topological polar surface area (TPSA) is 71.2 Å². The fourth-order valence-electron chi connectivity index (χ4n) is 2.22. The number of nitrogen functional groups attached to an aromatic ring is 1. The number of aromatic nitrogens is 1. The van der Waals surface area contributed by atoms with Crippen LogP contribution in [0.4, 0.5) is 5.69 Å². The molecular weight excluding hydrogens is 260 g/mol. The summed E-state index contributed by atoms with van der Waals surface area (Å²) in [5, 5.41) is 0.449. The second-order valence-electron chi connectivity index (χ2n) is 4.83. The van der Waals surface area contributed by atoms with E-state index in [2.05, 4.69) is 24.3 Å². The summed E-state index contributed by atoms with van der Waals surface area (Å²) < 4.78 is 0. The lowest BCUT2D eigenvalue weighted by molar-refractivity contribution is 0.0698. The van der Waals surface area contributed by atoms with Gasteiger partial charge in [-0.1, -0.05) is 6.92 Å². The molecule has 3 N–H and O–H groups in total. The predicted molar refractivity (Wildman–Crippen MR) is 79.2 cm³/mol. The number of hydrogen-bond donors (Lipinski definition) is 2. The van der Waals surface area contributed by atoms with Gasteiger partial charge in [0.15, 0.2) is 0 Å². The quantitative estimate of drug-likeness (QED) is 0.636. The lowest BCUT2D eigenvalue weighted by Gasteiger charge is -2.37. The third-order valence-electron chi connectivity index (χ3n) is 3.57. The number of hydrogen-bond acceptors (Lipinski definition) is 5. The number of pyridine rings is 1. The highest BCUT2D eigenvalue weighted by molar-refractivity contribution is 8.00. The minimum Gasteiger partial charge on any atom is -0.334 e. The Morgan fingerprint density at radius 2 is 2.32 bits per heavy atom. The minimum atomic E-state index is 0.0000926. The Kier molecular flexibility index (Phi) is 4.31. The Morgan fingerprint density at radius 3 is 3.00 bits per heavy atom. The summed E-state index contributed by atoms with van der Waals surface area (Å²) in [6, 6.07) is 2.01. The summed E-state index contributed by atoms with van der Waals surface area (Å²) >= 11 is 1.91. The van der Waals surface area contributed by atoms with Crippen molar-refractivity contribution in [2.45, 2.75) is 32.1 Å². The Hall–Kier alpha value is -1.27. The number of hydrazine groups is 1. The Morgan fingerprint density at radius 1 is 1.58 bits per heavy atom. The third kappa shape index (κ3) is 2.84. The van der Waals surface area contributed by atoms with Gasteiger partial charge in [0, 0.05) is 35.5 Å². The number of nitrogens with one attached hydrogen (secondary N) is 1. The van der Waals surface area contributed by atoms with Crippen molar-refractivity contribution in [3.8, 4) is 0 Å². The summed E-state index contributed by atoms with van der Waals surface area (Å²) in [7, 11) is 0. The first-order valence-electron chi connectivity index (χ1n) is 6.40. The van der Waals surface area contributed by atoms with Crippen LogP contribution in [0.25, 0.3) is 0 Å². The van der Waals surface area contributed by atoms with Crippen LogP contribution in [-0.2, 0) is 0 Å². The molecule has 1 aromatic heterocycles. The summed E-state index contributed by atoms with van der Waals surface area (Å²) in [4.78, 5) is 18.7. The molecule has 5 nitrogen and oxygen atoms in total. The molecule has 2 heterocycles. The van der Waals surface area contributed by atoms with E-state index in [0.29, 0.717) is 16.5 Å². The number of nitrogens with zero attached hydrogens (tertiary/aromatic N) is 2. The van der Waals surface area contributed by atoms with E-state index in [4.69, 9.17) is 5.84 Å². The SMILES string of the molecule is Cc1cc(NN)c(C(=O)N2CCSC(C)C2C)cn1. The average molecular weight is 280 g/mol. The van der Waals surface area contributed by atoms with E-state index in [-0.39, 0.29) is 11.9 Å². The summed E-state index contributed by atoms with van der Waals surface area (Å²) in [5.41, 5.74) is 4.60. The average Bonchev–Trinajstić information content (AvgIpc) is 2.41. The van der Waals surface area contributed by atoms with Gasteiger partial charge in [-0.2, -0.15) is 11.8 Å². The normalized spacial score (nSPS) is 23.3. The molecule has 1 amide bonds. The van der Waals surface area contributed by atoms with Gasteiger partial charge in [0.1, 0.15) is 0 Å². The first-order valence-corrected chi connectivity index (χ1v) is 7.45. The van der Waals surface area contributed by atoms with E-state index in [1.165, 1.54) is 0 Å². The molecule has 0 spiro atoms. The molecule has 19 heavy (non-hydrogen) atoms. The molecule has 0 aliphatic carbocycles. The molecule has 2 rings (SSSR count). The van der Waals surface area contributed by atoms with Crippen LogP contribution >= 0.6 is 11.8 Å². The largest absolute Gasteiger partial charge is 0.334 e. The Labute approximate surface area is 117 Å². The first kappa shape index (κ1) is 14.1. The van der Waals surface area contributed by atoms with Crippen LogP contribution in [0.3, 0.4) is 0 Å². The molecule has 0 saturated carbocycles. The molecule has 2 unspecified atom stereocenters. The molecule has 6 heteroatoms. The molecule has 1 aromatic rings. The third-order valence-corrected chi connectivity index (χ3v) is 4.91. The van der Waals surface area contributed by atoms with Crippen LogP contribution in [0.5, 0.6) is 0 Å². The minimum absolute atomic E-state index is 0.0000926. The number of carbonyl (C=O) groups excluding carboxylic acids is 1. The van der Waals surface area contributed by atoms with Gasteiger partial charge >= 0.3 is 0 Å². The first-order chi connectivity index (χ1) is 9.04. The molecule has 1 aliphatic rings. The second-order valence-corrected chi connectivity index (χ2v) is 6.32. The predicted octanol–water partition coefficient (Wildman–Crippen LogP) is 1.64. The van der Waals surface area contributed by atoms with Gasteiger partial charge in [0.05, 0.1) is 11.3 Å². The molecule has 1 fully saturated rings. The standard InChI is InChI=1S/C13H20N4OS/c1-8-6-12(16-14)11(7-15-8)13(18)17-4-5-19-10(3)9(17)2/h6-7,9-10H,4-5,14H2,1-3H3,(H,15,16). The number of carbonyl (C=O) groups is 1. The maximum atomic E-state index is 12.6. The van der Waals surface area contributed by atoms with Crippen LogP contribution in [0.1, 0.15) is 29.9 Å². The van der Waals surface area contributed by atoms with Crippen LogP contribution in [-0.4, -0.2) is 39.4 Å². The monoisotopic (exact) mass is 280 g/mol. The fraction of sp³-hybridized carbons (Fsp3) is 0.538. The zero-order valence-corrected chi connectivity index (χ0v) is 12.3. The highest BCUT2D eigenvalue weighted by Crippen LogP contribution is 2.27. The number of anilines is 1. The molecule has 1 saturated heterocycles. The van der Waals surface area contributed by atoms with Gasteiger partial charge in [-0.3, -0.25) is 15.6 Å².